The normalized spacial score (nSPS) is 14.7. The molecule has 1 aliphatic carbocycles. The molecule has 116 valence electrons. The first-order valence-electron chi connectivity index (χ1n) is 6.65. The quantitative estimate of drug-likeness (QED) is 0.924. The highest BCUT2D eigenvalue weighted by Crippen LogP contribution is 2.26. The summed E-state index contributed by atoms with van der Waals surface area (Å²) in [6.45, 7) is 0. The molecule has 0 aliphatic heterocycles. The highest BCUT2D eigenvalue weighted by molar-refractivity contribution is 7.89. The molecule has 2 aromatic rings. The maximum atomic E-state index is 12.9. The van der Waals surface area contributed by atoms with Gasteiger partial charge in [-0.2, -0.15) is 8.42 Å². The third kappa shape index (κ3) is 3.26. The highest BCUT2D eigenvalue weighted by atomic mass is 32.2. The van der Waals surface area contributed by atoms with Crippen LogP contribution in [0.15, 0.2) is 58.6 Å². The second kappa shape index (κ2) is 6.02. The van der Waals surface area contributed by atoms with E-state index < -0.39 is 10.0 Å². The van der Waals surface area contributed by atoms with Crippen LogP contribution in [0, 0.1) is 5.82 Å². The van der Waals surface area contributed by atoms with Crippen LogP contribution in [0.4, 0.5) is 4.39 Å². The SMILES string of the molecule is O=S(=O)(NC1=CCCC=C1)c1csc(-c2ccc(F)cc2)n1.[HH]. The number of sulfonamides is 1. The number of hydrogen-bond acceptors (Lipinski definition) is 4. The van der Waals surface area contributed by atoms with Crippen molar-refractivity contribution in [2.45, 2.75) is 17.9 Å². The molecule has 1 aliphatic rings. The van der Waals surface area contributed by atoms with Crippen molar-refractivity contribution in [2.75, 3.05) is 0 Å². The topological polar surface area (TPSA) is 59.1 Å². The highest BCUT2D eigenvalue weighted by Gasteiger charge is 2.19. The Morgan fingerprint density at radius 1 is 1.23 bits per heavy atom. The zero-order chi connectivity index (χ0) is 15.6. The first-order chi connectivity index (χ1) is 10.5. The molecule has 1 aromatic carbocycles. The molecule has 1 heterocycles. The van der Waals surface area contributed by atoms with Crippen molar-refractivity contribution >= 4 is 21.4 Å². The summed E-state index contributed by atoms with van der Waals surface area (Å²) in [6, 6.07) is 5.79. The van der Waals surface area contributed by atoms with Gasteiger partial charge in [0.15, 0.2) is 5.03 Å². The first kappa shape index (κ1) is 14.9. The van der Waals surface area contributed by atoms with E-state index in [4.69, 9.17) is 0 Å². The third-order valence-electron chi connectivity index (χ3n) is 3.10. The number of halogens is 1. The molecule has 0 saturated heterocycles. The Labute approximate surface area is 133 Å². The minimum Gasteiger partial charge on any atom is -0.279 e. The van der Waals surface area contributed by atoms with Crippen LogP contribution in [-0.4, -0.2) is 13.4 Å². The van der Waals surface area contributed by atoms with E-state index in [1.54, 1.807) is 18.2 Å². The van der Waals surface area contributed by atoms with Gasteiger partial charge in [-0.1, -0.05) is 12.2 Å². The van der Waals surface area contributed by atoms with Crippen LogP contribution in [0.25, 0.3) is 10.6 Å². The third-order valence-corrected chi connectivity index (χ3v) is 5.40. The van der Waals surface area contributed by atoms with Gasteiger partial charge in [0.2, 0.25) is 0 Å². The molecule has 0 atom stereocenters. The Kier molecular flexibility index (Phi) is 4.08. The molecule has 1 aromatic heterocycles. The summed E-state index contributed by atoms with van der Waals surface area (Å²) in [7, 11) is -3.70. The average Bonchev–Trinajstić information content (AvgIpc) is 2.99. The Balaban J connectivity index is 0.00000192. The van der Waals surface area contributed by atoms with Gasteiger partial charge in [-0.3, -0.25) is 4.72 Å². The van der Waals surface area contributed by atoms with Crippen molar-refractivity contribution in [3.8, 4) is 10.6 Å². The molecule has 22 heavy (non-hydrogen) atoms. The lowest BCUT2D eigenvalue weighted by molar-refractivity contribution is 0.586. The smallest absolute Gasteiger partial charge is 0.279 e. The van der Waals surface area contributed by atoms with Gasteiger partial charge in [0.05, 0.1) is 0 Å². The first-order valence-corrected chi connectivity index (χ1v) is 9.02. The van der Waals surface area contributed by atoms with Crippen LogP contribution in [0.1, 0.15) is 14.3 Å². The van der Waals surface area contributed by atoms with E-state index in [1.165, 1.54) is 28.8 Å². The molecule has 0 spiro atoms. The van der Waals surface area contributed by atoms with E-state index >= 15 is 0 Å². The summed E-state index contributed by atoms with van der Waals surface area (Å²) in [5.74, 6) is -0.342. The molecular weight excluding hydrogens is 323 g/mol. The second-order valence-corrected chi connectivity index (χ2v) is 7.23. The van der Waals surface area contributed by atoms with Gasteiger partial charge in [0.25, 0.3) is 10.0 Å². The Morgan fingerprint density at radius 3 is 2.68 bits per heavy atom. The van der Waals surface area contributed by atoms with Crippen LogP contribution in [0.3, 0.4) is 0 Å². The van der Waals surface area contributed by atoms with E-state index in [0.717, 1.165) is 12.8 Å². The molecule has 0 amide bonds. The summed E-state index contributed by atoms with van der Waals surface area (Å²) in [5, 5.41) is 1.99. The number of aromatic nitrogens is 1. The molecule has 0 radical (unpaired) electrons. The number of thiazole rings is 1. The number of nitrogens with zero attached hydrogens (tertiary/aromatic N) is 1. The van der Waals surface area contributed by atoms with Crippen molar-refractivity contribution in [3.05, 3.63) is 59.4 Å². The minimum absolute atomic E-state index is 0. The largest absolute Gasteiger partial charge is 0.280 e. The Hall–Kier alpha value is -1.99. The Morgan fingerprint density at radius 2 is 2.00 bits per heavy atom. The molecule has 7 heteroatoms. The monoisotopic (exact) mass is 338 g/mol. The van der Waals surface area contributed by atoms with Crippen molar-refractivity contribution in [1.82, 2.24) is 9.71 Å². The fraction of sp³-hybridized carbons (Fsp3) is 0.133. The zero-order valence-electron chi connectivity index (χ0n) is 11.5. The molecule has 1 N–H and O–H groups in total. The van der Waals surface area contributed by atoms with Crippen molar-refractivity contribution in [3.63, 3.8) is 0 Å². The number of nitrogens with one attached hydrogen (secondary N) is 1. The Bertz CT molecular complexity index is 843. The molecule has 0 fully saturated rings. The van der Waals surface area contributed by atoms with Gasteiger partial charge in [0.1, 0.15) is 10.8 Å². The van der Waals surface area contributed by atoms with Crippen LogP contribution in [0.5, 0.6) is 0 Å². The van der Waals surface area contributed by atoms with Gasteiger partial charge in [-0.25, -0.2) is 9.37 Å². The summed E-state index contributed by atoms with van der Waals surface area (Å²) in [5.41, 5.74) is 1.24. The lowest BCUT2D eigenvalue weighted by Crippen LogP contribution is -2.23. The fourth-order valence-corrected chi connectivity index (χ4v) is 4.18. The van der Waals surface area contributed by atoms with Crippen LogP contribution >= 0.6 is 11.3 Å². The zero-order valence-corrected chi connectivity index (χ0v) is 13.1. The van der Waals surface area contributed by atoms with E-state index in [9.17, 15) is 12.8 Å². The standard InChI is InChI=1S/C15H13FN2O2S2.H2/c16-12-8-6-11(7-9-12)15-17-14(10-21-15)22(19,20)18-13-4-2-1-3-5-13;/h2,4-10,18H,1,3H2;1H. The van der Waals surface area contributed by atoms with Crippen molar-refractivity contribution < 1.29 is 14.2 Å². The van der Waals surface area contributed by atoms with Crippen LogP contribution in [-0.2, 0) is 10.0 Å². The molecule has 0 saturated carbocycles. The van der Waals surface area contributed by atoms with Gasteiger partial charge >= 0.3 is 0 Å². The van der Waals surface area contributed by atoms with Crippen LogP contribution in [0.2, 0.25) is 0 Å². The summed E-state index contributed by atoms with van der Waals surface area (Å²) >= 11 is 1.21. The van der Waals surface area contributed by atoms with Gasteiger partial charge in [0, 0.05) is 18.1 Å². The van der Waals surface area contributed by atoms with Crippen LogP contribution < -0.4 is 4.72 Å². The predicted molar refractivity (Wildman–Crippen MR) is 86.4 cm³/mol. The van der Waals surface area contributed by atoms with E-state index in [2.05, 4.69) is 9.71 Å². The summed E-state index contributed by atoms with van der Waals surface area (Å²) in [4.78, 5) is 4.14. The van der Waals surface area contributed by atoms with Gasteiger partial charge in [-0.05, 0) is 43.2 Å². The van der Waals surface area contributed by atoms with Gasteiger partial charge < -0.3 is 0 Å². The van der Waals surface area contributed by atoms with Crippen molar-refractivity contribution in [1.29, 1.82) is 0 Å². The van der Waals surface area contributed by atoms with Crippen molar-refractivity contribution in [2.24, 2.45) is 0 Å². The van der Waals surface area contributed by atoms with Gasteiger partial charge in [-0.15, -0.1) is 11.3 Å². The maximum absolute atomic E-state index is 12.9. The lowest BCUT2D eigenvalue weighted by atomic mass is 10.2. The molecule has 3 rings (SSSR count). The number of benzene rings is 1. The predicted octanol–water partition coefficient (Wildman–Crippen LogP) is 3.71. The lowest BCUT2D eigenvalue weighted by Gasteiger charge is -2.09. The van der Waals surface area contributed by atoms with E-state index in [1.807, 2.05) is 12.2 Å². The average molecular weight is 338 g/mol. The summed E-state index contributed by atoms with van der Waals surface area (Å²) < 4.78 is 40.0. The van der Waals surface area contributed by atoms with E-state index in [0.29, 0.717) is 16.3 Å². The minimum atomic E-state index is -3.70. The second-order valence-electron chi connectivity index (χ2n) is 4.74. The summed E-state index contributed by atoms with van der Waals surface area (Å²) in [6.07, 6.45) is 7.23. The number of allylic oxidation sites excluding steroid dienone is 3. The number of rotatable bonds is 4. The maximum Gasteiger partial charge on any atom is 0.280 e. The van der Waals surface area contributed by atoms with E-state index in [-0.39, 0.29) is 12.3 Å². The fourth-order valence-electron chi connectivity index (χ4n) is 2.00. The molecule has 0 bridgehead atoms. The molecular formula is C15H15FN2O2S2. The molecule has 0 unspecified atom stereocenters. The number of hydrogen-bond donors (Lipinski definition) is 1. The molecule has 4 nitrogen and oxygen atoms in total.